The van der Waals surface area contributed by atoms with Gasteiger partial charge in [-0.2, -0.15) is 0 Å². The lowest BCUT2D eigenvalue weighted by Crippen LogP contribution is -2.69. The lowest BCUT2D eigenvalue weighted by Gasteiger charge is -2.71. The number of rotatable bonds is 2. The smallest absolute Gasteiger partial charge is 0.323 e. The predicted molar refractivity (Wildman–Crippen MR) is 51.6 cm³/mol. The van der Waals surface area contributed by atoms with E-state index in [0.717, 1.165) is 19.3 Å². The highest BCUT2D eigenvalue weighted by molar-refractivity contribution is 5.85. The number of hydrogen-bond donors (Lipinski definition) is 1. The Bertz CT molecular complexity index is 222. The Morgan fingerprint density at radius 2 is 1.92 bits per heavy atom. The molecule has 0 spiro atoms. The molecule has 0 radical (unpaired) electrons. The highest BCUT2D eigenvalue weighted by Crippen LogP contribution is 2.74. The van der Waals surface area contributed by atoms with E-state index in [1.807, 2.05) is 0 Å². The lowest BCUT2D eigenvalue weighted by atomic mass is 9.34. The number of carbonyl (C=O) groups excluding carboxylic acids is 1. The summed E-state index contributed by atoms with van der Waals surface area (Å²) >= 11 is 0. The van der Waals surface area contributed by atoms with Crippen LogP contribution < -0.4 is 5.73 Å². The van der Waals surface area contributed by atoms with Gasteiger partial charge < -0.3 is 10.5 Å². The Morgan fingerprint density at radius 3 is 2.23 bits per heavy atom. The molecule has 2 N–H and O–H groups in total. The van der Waals surface area contributed by atoms with E-state index in [1.165, 1.54) is 7.11 Å². The van der Waals surface area contributed by atoms with Crippen molar-refractivity contribution in [3.8, 4) is 0 Å². The van der Waals surface area contributed by atoms with Crippen molar-refractivity contribution in [2.75, 3.05) is 7.11 Å². The summed E-state index contributed by atoms with van der Waals surface area (Å²) in [5.74, 6) is -0.253. The van der Waals surface area contributed by atoms with Gasteiger partial charge in [0.25, 0.3) is 0 Å². The van der Waals surface area contributed by atoms with Crippen molar-refractivity contribution in [1.29, 1.82) is 0 Å². The number of carbonyl (C=O) groups is 1. The van der Waals surface area contributed by atoms with Gasteiger partial charge in [0.2, 0.25) is 0 Å². The molecule has 0 unspecified atom stereocenters. The van der Waals surface area contributed by atoms with Crippen LogP contribution in [0.5, 0.6) is 0 Å². The fourth-order valence-corrected chi connectivity index (χ4v) is 3.10. The van der Waals surface area contributed by atoms with E-state index in [-0.39, 0.29) is 29.8 Å². The molecule has 3 fully saturated rings. The first-order chi connectivity index (χ1) is 5.51. The van der Waals surface area contributed by atoms with Gasteiger partial charge in [0.1, 0.15) is 6.04 Å². The largest absolute Gasteiger partial charge is 0.468 e. The van der Waals surface area contributed by atoms with Crippen LogP contribution in [0.15, 0.2) is 0 Å². The summed E-state index contributed by atoms with van der Waals surface area (Å²) in [5.41, 5.74) is 6.41. The average molecular weight is 206 g/mol. The second-order valence-corrected chi connectivity index (χ2v) is 4.70. The number of halogens is 1. The van der Waals surface area contributed by atoms with E-state index in [1.54, 1.807) is 0 Å². The fourth-order valence-electron chi connectivity index (χ4n) is 3.10. The van der Waals surface area contributed by atoms with E-state index in [0.29, 0.717) is 5.41 Å². The van der Waals surface area contributed by atoms with E-state index < -0.39 is 0 Å². The zero-order chi connectivity index (χ0) is 8.98. The zero-order valence-electron chi connectivity index (χ0n) is 8.00. The van der Waals surface area contributed by atoms with Crippen LogP contribution >= 0.6 is 12.4 Å². The van der Waals surface area contributed by atoms with Crippen molar-refractivity contribution in [3.63, 3.8) is 0 Å². The van der Waals surface area contributed by atoms with Gasteiger partial charge in [0.15, 0.2) is 0 Å². The molecule has 3 nitrogen and oxygen atoms in total. The normalized spacial score (nSPS) is 42.1. The fraction of sp³-hybridized carbons (Fsp3) is 0.889. The van der Waals surface area contributed by atoms with Crippen molar-refractivity contribution < 1.29 is 9.53 Å². The molecule has 0 heterocycles. The maximum atomic E-state index is 11.1. The molecule has 3 saturated carbocycles. The zero-order valence-corrected chi connectivity index (χ0v) is 8.82. The van der Waals surface area contributed by atoms with E-state index in [4.69, 9.17) is 5.73 Å². The Hall–Kier alpha value is -0.280. The molecule has 0 aromatic carbocycles. The van der Waals surface area contributed by atoms with Crippen LogP contribution in [0.1, 0.15) is 26.2 Å². The van der Waals surface area contributed by atoms with Gasteiger partial charge in [-0.1, -0.05) is 6.92 Å². The first-order valence-electron chi connectivity index (χ1n) is 4.35. The van der Waals surface area contributed by atoms with Crippen LogP contribution in [-0.2, 0) is 9.53 Å². The van der Waals surface area contributed by atoms with Crippen molar-refractivity contribution in [3.05, 3.63) is 0 Å². The highest BCUT2D eigenvalue weighted by Gasteiger charge is 2.68. The van der Waals surface area contributed by atoms with Crippen LogP contribution in [-0.4, -0.2) is 19.1 Å². The van der Waals surface area contributed by atoms with Crippen molar-refractivity contribution in [2.45, 2.75) is 32.2 Å². The van der Waals surface area contributed by atoms with Crippen LogP contribution in [0.25, 0.3) is 0 Å². The molecule has 76 valence electrons. The average Bonchev–Trinajstić information content (AvgIpc) is 1.94. The summed E-state index contributed by atoms with van der Waals surface area (Å²) in [5, 5.41) is 0. The molecular weight excluding hydrogens is 190 g/mol. The van der Waals surface area contributed by atoms with Gasteiger partial charge >= 0.3 is 5.97 Å². The first kappa shape index (κ1) is 10.8. The third kappa shape index (κ3) is 1.25. The predicted octanol–water partition coefficient (Wildman–Crippen LogP) is 1.10. The summed E-state index contributed by atoms with van der Waals surface area (Å²) < 4.78 is 4.63. The minimum atomic E-state index is -0.385. The molecule has 13 heavy (non-hydrogen) atoms. The van der Waals surface area contributed by atoms with E-state index in [9.17, 15) is 4.79 Å². The molecular formula is C9H16ClNO2. The molecule has 4 heteroatoms. The summed E-state index contributed by atoms with van der Waals surface area (Å²) in [6.07, 6.45) is 3.32. The SMILES string of the molecule is COC(=O)[C@@H](N)C12CC(C)(C1)C2.Cl. The molecule has 3 aliphatic rings. The Kier molecular flexibility index (Phi) is 2.37. The highest BCUT2D eigenvalue weighted by atomic mass is 35.5. The van der Waals surface area contributed by atoms with Gasteiger partial charge in [-0.3, -0.25) is 4.79 Å². The van der Waals surface area contributed by atoms with Crippen LogP contribution in [0.4, 0.5) is 0 Å². The molecule has 1 atom stereocenters. The second-order valence-electron chi connectivity index (χ2n) is 4.70. The van der Waals surface area contributed by atoms with Crippen LogP contribution in [0.2, 0.25) is 0 Å². The first-order valence-corrected chi connectivity index (χ1v) is 4.35. The van der Waals surface area contributed by atoms with Gasteiger partial charge in [0, 0.05) is 0 Å². The monoisotopic (exact) mass is 205 g/mol. The molecule has 3 aliphatic carbocycles. The molecule has 0 amide bonds. The maximum Gasteiger partial charge on any atom is 0.323 e. The standard InChI is InChI=1S/C9H15NO2.ClH/c1-8-3-9(4-8,5-8)6(10)7(11)12-2;/h6H,3-5,10H2,1-2H3;1H/t6-,8?,9?;/m1./s1. The van der Waals surface area contributed by atoms with E-state index >= 15 is 0 Å². The van der Waals surface area contributed by atoms with Crippen molar-refractivity contribution in [2.24, 2.45) is 16.6 Å². The van der Waals surface area contributed by atoms with E-state index in [2.05, 4.69) is 11.7 Å². The molecule has 0 saturated heterocycles. The summed E-state index contributed by atoms with van der Waals surface area (Å²) in [4.78, 5) is 11.1. The third-order valence-corrected chi connectivity index (χ3v) is 3.45. The van der Waals surface area contributed by atoms with Gasteiger partial charge in [-0.15, -0.1) is 12.4 Å². The summed E-state index contributed by atoms with van der Waals surface area (Å²) in [6.45, 7) is 2.25. The Balaban J connectivity index is 0.000000845. The van der Waals surface area contributed by atoms with Gasteiger partial charge in [0.05, 0.1) is 7.11 Å². The van der Waals surface area contributed by atoms with Crippen LogP contribution in [0.3, 0.4) is 0 Å². The van der Waals surface area contributed by atoms with Gasteiger partial charge in [-0.25, -0.2) is 0 Å². The second kappa shape index (κ2) is 2.85. The summed E-state index contributed by atoms with van der Waals surface area (Å²) in [7, 11) is 1.40. The topological polar surface area (TPSA) is 52.3 Å². The number of hydrogen-bond acceptors (Lipinski definition) is 3. The quantitative estimate of drug-likeness (QED) is 0.687. The molecule has 0 aromatic heterocycles. The number of methoxy groups -OCH3 is 1. The Labute approximate surface area is 84.4 Å². The van der Waals surface area contributed by atoms with Crippen molar-refractivity contribution in [1.82, 2.24) is 0 Å². The van der Waals surface area contributed by atoms with Crippen molar-refractivity contribution >= 4 is 18.4 Å². The van der Waals surface area contributed by atoms with Crippen LogP contribution in [0, 0.1) is 10.8 Å². The molecule has 0 aliphatic heterocycles. The number of nitrogens with two attached hydrogens (primary N) is 1. The minimum Gasteiger partial charge on any atom is -0.468 e. The Morgan fingerprint density at radius 1 is 1.46 bits per heavy atom. The third-order valence-electron chi connectivity index (χ3n) is 3.45. The minimum absolute atomic E-state index is 0. The maximum absolute atomic E-state index is 11.1. The molecule has 0 aromatic rings. The van der Waals surface area contributed by atoms with Gasteiger partial charge in [-0.05, 0) is 30.1 Å². The summed E-state index contributed by atoms with van der Waals surface area (Å²) in [6, 6.07) is -0.385. The number of esters is 1. The lowest BCUT2D eigenvalue weighted by molar-refractivity contribution is -0.211. The number of ether oxygens (including phenoxy) is 1. The molecule has 3 rings (SSSR count). The molecule has 2 bridgehead atoms.